The maximum absolute atomic E-state index is 8.91. The van der Waals surface area contributed by atoms with E-state index in [-0.39, 0.29) is 12.4 Å². The minimum Gasteiger partial charge on any atom is -0.495 e. The highest BCUT2D eigenvalue weighted by atomic mass is 35.5. The van der Waals surface area contributed by atoms with Gasteiger partial charge in [0.15, 0.2) is 0 Å². The van der Waals surface area contributed by atoms with E-state index in [1.807, 2.05) is 12.1 Å². The molecule has 0 saturated carbocycles. The third-order valence-electron chi connectivity index (χ3n) is 3.16. The molecule has 1 saturated heterocycles. The molecule has 0 unspecified atom stereocenters. The fourth-order valence-electron chi connectivity index (χ4n) is 2.21. The summed E-state index contributed by atoms with van der Waals surface area (Å²) in [7, 11) is 1.61. The molecule has 1 aromatic rings. The predicted molar refractivity (Wildman–Crippen MR) is 69.8 cm³/mol. The fourth-order valence-corrected chi connectivity index (χ4v) is 2.21. The van der Waals surface area contributed by atoms with Gasteiger partial charge in [0.1, 0.15) is 11.8 Å². The highest BCUT2D eigenvalue weighted by Gasteiger charge is 2.16. The number of halogens is 1. The van der Waals surface area contributed by atoms with Gasteiger partial charge in [0, 0.05) is 0 Å². The number of nitriles is 1. The van der Waals surface area contributed by atoms with E-state index in [1.165, 1.54) is 5.56 Å². The van der Waals surface area contributed by atoms with Gasteiger partial charge in [-0.15, -0.1) is 12.4 Å². The minimum atomic E-state index is 0. The fraction of sp³-hybridized carbons (Fsp3) is 0.462. The van der Waals surface area contributed by atoms with E-state index in [9.17, 15) is 0 Å². The zero-order valence-electron chi connectivity index (χ0n) is 9.90. The summed E-state index contributed by atoms with van der Waals surface area (Å²) in [6.07, 6.45) is 2.32. The number of piperidine rings is 1. The highest BCUT2D eigenvalue weighted by Crippen LogP contribution is 2.29. The second kappa shape index (κ2) is 6.48. The van der Waals surface area contributed by atoms with Crippen LogP contribution in [0.1, 0.15) is 29.9 Å². The molecule has 1 heterocycles. The Morgan fingerprint density at radius 3 is 2.65 bits per heavy atom. The standard InChI is InChI=1S/C13H16N2O.ClH/c1-16-13-8-11(2-3-12(13)9-14)10-4-6-15-7-5-10;/h2-3,8,10,15H,4-7H2,1H3;1H. The van der Waals surface area contributed by atoms with Crippen LogP contribution in [0.3, 0.4) is 0 Å². The van der Waals surface area contributed by atoms with E-state index >= 15 is 0 Å². The van der Waals surface area contributed by atoms with Crippen molar-refractivity contribution < 1.29 is 4.74 Å². The van der Waals surface area contributed by atoms with Crippen molar-refractivity contribution in [3.63, 3.8) is 0 Å². The van der Waals surface area contributed by atoms with E-state index < -0.39 is 0 Å². The zero-order valence-corrected chi connectivity index (χ0v) is 10.7. The molecule has 0 amide bonds. The molecule has 1 aliphatic heterocycles. The second-order valence-electron chi connectivity index (χ2n) is 4.10. The molecule has 0 atom stereocenters. The van der Waals surface area contributed by atoms with Crippen molar-refractivity contribution in [2.45, 2.75) is 18.8 Å². The number of nitrogens with one attached hydrogen (secondary N) is 1. The Morgan fingerprint density at radius 2 is 2.06 bits per heavy atom. The van der Waals surface area contributed by atoms with Crippen molar-refractivity contribution in [1.82, 2.24) is 5.32 Å². The van der Waals surface area contributed by atoms with Crippen LogP contribution in [0.2, 0.25) is 0 Å². The Hall–Kier alpha value is -1.24. The SMILES string of the molecule is COc1cc(C2CCNCC2)ccc1C#N.Cl. The maximum Gasteiger partial charge on any atom is 0.136 e. The van der Waals surface area contributed by atoms with E-state index in [1.54, 1.807) is 7.11 Å². The topological polar surface area (TPSA) is 45.0 Å². The first kappa shape index (κ1) is 13.8. The third-order valence-corrected chi connectivity index (χ3v) is 3.16. The molecule has 0 bridgehead atoms. The molecule has 1 fully saturated rings. The van der Waals surface area contributed by atoms with E-state index in [2.05, 4.69) is 17.5 Å². The van der Waals surface area contributed by atoms with E-state index in [0.717, 1.165) is 25.9 Å². The van der Waals surface area contributed by atoms with Crippen LogP contribution in [0, 0.1) is 11.3 Å². The average molecular weight is 253 g/mol. The number of hydrogen-bond donors (Lipinski definition) is 1. The summed E-state index contributed by atoms with van der Waals surface area (Å²) in [5.74, 6) is 1.29. The van der Waals surface area contributed by atoms with Crippen LogP contribution >= 0.6 is 12.4 Å². The average Bonchev–Trinajstić information content (AvgIpc) is 2.39. The normalized spacial score (nSPS) is 15.8. The van der Waals surface area contributed by atoms with Gasteiger partial charge >= 0.3 is 0 Å². The lowest BCUT2D eigenvalue weighted by Gasteiger charge is -2.23. The monoisotopic (exact) mass is 252 g/mol. The van der Waals surface area contributed by atoms with Gasteiger partial charge in [0.25, 0.3) is 0 Å². The maximum atomic E-state index is 8.91. The summed E-state index contributed by atoms with van der Waals surface area (Å²) in [6.45, 7) is 2.15. The lowest BCUT2D eigenvalue weighted by molar-refractivity contribution is 0.410. The number of methoxy groups -OCH3 is 1. The molecule has 2 rings (SSSR count). The second-order valence-corrected chi connectivity index (χ2v) is 4.10. The summed E-state index contributed by atoms with van der Waals surface area (Å²) >= 11 is 0. The number of rotatable bonds is 2. The van der Waals surface area contributed by atoms with Gasteiger partial charge in [-0.05, 0) is 49.5 Å². The van der Waals surface area contributed by atoms with Crippen LogP contribution < -0.4 is 10.1 Å². The molecule has 0 aromatic heterocycles. The minimum absolute atomic E-state index is 0. The van der Waals surface area contributed by atoms with Gasteiger partial charge in [0.05, 0.1) is 12.7 Å². The molecule has 1 aromatic carbocycles. The van der Waals surface area contributed by atoms with Crippen LogP contribution in [-0.2, 0) is 0 Å². The van der Waals surface area contributed by atoms with Gasteiger partial charge in [0.2, 0.25) is 0 Å². The zero-order chi connectivity index (χ0) is 11.4. The van der Waals surface area contributed by atoms with Crippen LogP contribution in [0.4, 0.5) is 0 Å². The lowest BCUT2D eigenvalue weighted by atomic mass is 9.89. The van der Waals surface area contributed by atoms with Crippen molar-refractivity contribution in [2.24, 2.45) is 0 Å². The molecule has 1 aliphatic rings. The molecule has 0 radical (unpaired) electrons. The van der Waals surface area contributed by atoms with Crippen LogP contribution in [0.5, 0.6) is 5.75 Å². The third kappa shape index (κ3) is 3.12. The van der Waals surface area contributed by atoms with E-state index in [4.69, 9.17) is 10.00 Å². The molecule has 17 heavy (non-hydrogen) atoms. The van der Waals surface area contributed by atoms with Crippen LogP contribution in [0.25, 0.3) is 0 Å². The van der Waals surface area contributed by atoms with E-state index in [0.29, 0.717) is 17.2 Å². The van der Waals surface area contributed by atoms with Gasteiger partial charge in [-0.1, -0.05) is 6.07 Å². The van der Waals surface area contributed by atoms with Crippen molar-refractivity contribution in [3.8, 4) is 11.8 Å². The number of hydrogen-bond acceptors (Lipinski definition) is 3. The van der Waals surface area contributed by atoms with Gasteiger partial charge in [-0.3, -0.25) is 0 Å². The van der Waals surface area contributed by atoms with Crippen LogP contribution in [-0.4, -0.2) is 20.2 Å². The highest BCUT2D eigenvalue weighted by molar-refractivity contribution is 5.85. The molecule has 0 aliphatic carbocycles. The summed E-state index contributed by atoms with van der Waals surface area (Å²) in [6, 6.07) is 8.06. The van der Waals surface area contributed by atoms with Crippen molar-refractivity contribution in [3.05, 3.63) is 29.3 Å². The summed E-state index contributed by atoms with van der Waals surface area (Å²) < 4.78 is 5.23. The Bertz CT molecular complexity index is 408. The van der Waals surface area contributed by atoms with Gasteiger partial charge < -0.3 is 10.1 Å². The molecular weight excluding hydrogens is 236 g/mol. The quantitative estimate of drug-likeness (QED) is 0.880. The Labute approximate surface area is 108 Å². The first-order valence-corrected chi connectivity index (χ1v) is 5.64. The van der Waals surface area contributed by atoms with Crippen molar-refractivity contribution in [2.75, 3.05) is 20.2 Å². The molecule has 1 N–H and O–H groups in total. The number of nitrogens with zero attached hydrogens (tertiary/aromatic N) is 1. The molecule has 3 nitrogen and oxygen atoms in total. The lowest BCUT2D eigenvalue weighted by Crippen LogP contribution is -2.26. The molecule has 0 spiro atoms. The summed E-state index contributed by atoms with van der Waals surface area (Å²) in [4.78, 5) is 0. The smallest absolute Gasteiger partial charge is 0.136 e. The predicted octanol–water partition coefficient (Wildman–Crippen LogP) is 2.46. The van der Waals surface area contributed by atoms with Gasteiger partial charge in [-0.2, -0.15) is 5.26 Å². The first-order chi connectivity index (χ1) is 7.85. The molecule has 4 heteroatoms. The molecular formula is C13H17ClN2O. The summed E-state index contributed by atoms with van der Waals surface area (Å²) in [5, 5.41) is 12.3. The largest absolute Gasteiger partial charge is 0.495 e. The van der Waals surface area contributed by atoms with Crippen molar-refractivity contribution >= 4 is 12.4 Å². The Kier molecular flexibility index (Phi) is 5.27. The molecule has 92 valence electrons. The Balaban J connectivity index is 0.00000144. The number of benzene rings is 1. The Morgan fingerprint density at radius 1 is 1.35 bits per heavy atom. The summed E-state index contributed by atoms with van der Waals surface area (Å²) in [5.41, 5.74) is 1.90. The van der Waals surface area contributed by atoms with Crippen LogP contribution in [0.15, 0.2) is 18.2 Å². The first-order valence-electron chi connectivity index (χ1n) is 5.64. The van der Waals surface area contributed by atoms with Gasteiger partial charge in [-0.25, -0.2) is 0 Å². The number of ether oxygens (including phenoxy) is 1. The van der Waals surface area contributed by atoms with Crippen molar-refractivity contribution in [1.29, 1.82) is 5.26 Å².